The molecule has 5 nitrogen and oxygen atoms in total. The lowest BCUT2D eigenvalue weighted by atomic mass is 10.0. The van der Waals surface area contributed by atoms with Gasteiger partial charge >= 0.3 is 5.97 Å². The summed E-state index contributed by atoms with van der Waals surface area (Å²) in [7, 11) is 0. The van der Waals surface area contributed by atoms with Crippen LogP contribution in [0.5, 0.6) is 11.5 Å². The second-order valence-corrected chi connectivity index (χ2v) is 8.12. The molecule has 0 saturated heterocycles. The van der Waals surface area contributed by atoms with E-state index in [-0.39, 0.29) is 17.7 Å². The van der Waals surface area contributed by atoms with Crippen LogP contribution in [0.2, 0.25) is 5.02 Å². The molecule has 4 rings (SSSR count). The van der Waals surface area contributed by atoms with Crippen LogP contribution >= 0.6 is 11.6 Å². The van der Waals surface area contributed by atoms with Crippen LogP contribution in [-0.2, 0) is 9.53 Å². The Hall–Kier alpha value is -3.57. The smallest absolute Gasteiger partial charge is 0.363 e. The molecule has 0 bridgehead atoms. The van der Waals surface area contributed by atoms with E-state index in [4.69, 9.17) is 25.8 Å². The number of aliphatic imine (C=N–C) groups is 1. The third-order valence-corrected chi connectivity index (χ3v) is 5.13. The van der Waals surface area contributed by atoms with Crippen LogP contribution in [0.1, 0.15) is 31.9 Å². The van der Waals surface area contributed by atoms with Gasteiger partial charge < -0.3 is 14.2 Å². The van der Waals surface area contributed by atoms with Gasteiger partial charge in [0.2, 0.25) is 5.90 Å². The number of hydrogen-bond acceptors (Lipinski definition) is 5. The summed E-state index contributed by atoms with van der Waals surface area (Å²) in [6.07, 6.45) is 1.57. The zero-order chi connectivity index (χ0) is 23.4. The van der Waals surface area contributed by atoms with Crippen molar-refractivity contribution in [2.75, 3.05) is 6.61 Å². The number of cyclic esters (lactones) is 1. The summed E-state index contributed by atoms with van der Waals surface area (Å²) >= 11 is 6.44. The summed E-state index contributed by atoms with van der Waals surface area (Å²) in [6.45, 7) is 6.17. The fourth-order valence-corrected chi connectivity index (χ4v) is 3.67. The van der Waals surface area contributed by atoms with Gasteiger partial charge in [-0.25, -0.2) is 9.79 Å². The highest BCUT2D eigenvalue weighted by atomic mass is 35.5. The van der Waals surface area contributed by atoms with Gasteiger partial charge in [-0.05, 0) is 67.8 Å². The van der Waals surface area contributed by atoms with E-state index in [1.807, 2.05) is 75.4 Å². The van der Waals surface area contributed by atoms with Crippen molar-refractivity contribution < 1.29 is 19.0 Å². The van der Waals surface area contributed by atoms with Gasteiger partial charge in [0.1, 0.15) is 0 Å². The van der Waals surface area contributed by atoms with Crippen molar-refractivity contribution in [1.29, 1.82) is 0 Å². The summed E-state index contributed by atoms with van der Waals surface area (Å²) in [5.74, 6) is 0.737. The van der Waals surface area contributed by atoms with Crippen molar-refractivity contribution in [2.24, 2.45) is 4.99 Å². The van der Waals surface area contributed by atoms with Gasteiger partial charge in [0, 0.05) is 5.56 Å². The highest BCUT2D eigenvalue weighted by molar-refractivity contribution is 6.32. The van der Waals surface area contributed by atoms with Crippen molar-refractivity contribution in [2.45, 2.75) is 26.9 Å². The minimum absolute atomic E-state index is 0.0591. The third-order valence-electron chi connectivity index (χ3n) is 4.85. The molecule has 6 heteroatoms. The largest absolute Gasteiger partial charge is 0.490 e. The van der Waals surface area contributed by atoms with Crippen LogP contribution < -0.4 is 9.47 Å². The average molecular weight is 462 g/mol. The SMILES string of the molecule is CCOc1cc(/C=C2\N=C(c3ccc(-c4ccccc4)cc3)OC2=O)cc(Cl)c1OC(C)C. The minimum atomic E-state index is -0.520. The predicted octanol–water partition coefficient (Wildman–Crippen LogP) is 6.54. The van der Waals surface area contributed by atoms with Crippen molar-refractivity contribution in [1.82, 2.24) is 0 Å². The molecule has 0 unspecified atom stereocenters. The Balaban J connectivity index is 1.61. The van der Waals surface area contributed by atoms with Crippen LogP contribution in [0.25, 0.3) is 17.2 Å². The van der Waals surface area contributed by atoms with Gasteiger partial charge in [0.25, 0.3) is 0 Å². The average Bonchev–Trinajstić information content (AvgIpc) is 3.17. The van der Waals surface area contributed by atoms with E-state index in [2.05, 4.69) is 4.99 Å². The first kappa shape index (κ1) is 22.6. The quantitative estimate of drug-likeness (QED) is 0.296. The monoisotopic (exact) mass is 461 g/mol. The molecule has 3 aromatic carbocycles. The first-order valence-corrected chi connectivity index (χ1v) is 11.1. The van der Waals surface area contributed by atoms with E-state index in [0.717, 1.165) is 16.7 Å². The molecule has 0 aromatic heterocycles. The number of rotatable bonds is 7. The first-order valence-electron chi connectivity index (χ1n) is 10.8. The van der Waals surface area contributed by atoms with E-state index in [1.54, 1.807) is 18.2 Å². The van der Waals surface area contributed by atoms with Crippen molar-refractivity contribution in [3.63, 3.8) is 0 Å². The molecule has 0 saturated carbocycles. The maximum atomic E-state index is 12.5. The Kier molecular flexibility index (Phi) is 6.80. The van der Waals surface area contributed by atoms with Crippen LogP contribution in [0, 0.1) is 0 Å². The highest BCUT2D eigenvalue weighted by Crippen LogP contribution is 2.38. The molecule has 3 aromatic rings. The summed E-state index contributed by atoms with van der Waals surface area (Å²) < 4.78 is 16.9. The Bertz CT molecular complexity index is 1210. The number of ether oxygens (including phenoxy) is 3. The Morgan fingerprint density at radius 1 is 1.00 bits per heavy atom. The van der Waals surface area contributed by atoms with Gasteiger partial charge in [-0.3, -0.25) is 0 Å². The summed E-state index contributed by atoms with van der Waals surface area (Å²) in [4.78, 5) is 16.9. The van der Waals surface area contributed by atoms with Gasteiger partial charge in [-0.15, -0.1) is 0 Å². The van der Waals surface area contributed by atoms with Gasteiger partial charge in [-0.2, -0.15) is 0 Å². The van der Waals surface area contributed by atoms with E-state index in [1.165, 1.54) is 0 Å². The van der Waals surface area contributed by atoms with Crippen molar-refractivity contribution in [3.8, 4) is 22.6 Å². The number of benzene rings is 3. The van der Waals surface area contributed by atoms with E-state index in [9.17, 15) is 4.79 Å². The standard InChI is InChI=1S/C27H24ClNO4/c1-4-31-24-16-18(14-22(28)25(24)32-17(2)3)15-23-27(30)33-26(29-23)21-12-10-20(11-13-21)19-8-6-5-7-9-19/h5-17H,4H2,1-3H3/b23-15-. The number of hydrogen-bond donors (Lipinski definition) is 0. The van der Waals surface area contributed by atoms with E-state index in [0.29, 0.717) is 28.7 Å². The summed E-state index contributed by atoms with van der Waals surface area (Å²) in [5.41, 5.74) is 3.76. The van der Waals surface area contributed by atoms with Crippen molar-refractivity contribution >= 4 is 29.5 Å². The lowest BCUT2D eigenvalue weighted by Gasteiger charge is -2.16. The molecule has 0 spiro atoms. The molecule has 1 aliphatic heterocycles. The molecule has 0 aliphatic carbocycles. The molecule has 1 heterocycles. The normalized spacial score (nSPS) is 14.4. The number of carbonyl (C=O) groups excluding carboxylic acids is 1. The maximum Gasteiger partial charge on any atom is 0.363 e. The van der Waals surface area contributed by atoms with E-state index < -0.39 is 5.97 Å². The molecule has 0 radical (unpaired) electrons. The minimum Gasteiger partial charge on any atom is -0.490 e. The molecule has 0 amide bonds. The topological polar surface area (TPSA) is 57.1 Å². The van der Waals surface area contributed by atoms with Crippen LogP contribution in [-0.4, -0.2) is 24.6 Å². The number of carbonyl (C=O) groups is 1. The Morgan fingerprint density at radius 2 is 1.67 bits per heavy atom. The zero-order valence-electron chi connectivity index (χ0n) is 18.7. The highest BCUT2D eigenvalue weighted by Gasteiger charge is 2.24. The maximum absolute atomic E-state index is 12.5. The summed E-state index contributed by atoms with van der Waals surface area (Å²) in [5, 5.41) is 0.397. The zero-order valence-corrected chi connectivity index (χ0v) is 19.4. The molecule has 0 N–H and O–H groups in total. The molecule has 168 valence electrons. The summed E-state index contributed by atoms with van der Waals surface area (Å²) in [6, 6.07) is 21.3. The second-order valence-electron chi connectivity index (χ2n) is 7.71. The fourth-order valence-electron chi connectivity index (χ4n) is 3.41. The number of halogens is 1. The molecule has 33 heavy (non-hydrogen) atoms. The molecule has 0 atom stereocenters. The molecule has 0 fully saturated rings. The molecular formula is C27H24ClNO4. The fraction of sp³-hybridized carbons (Fsp3) is 0.185. The first-order chi connectivity index (χ1) is 15.9. The molecule has 1 aliphatic rings. The lowest BCUT2D eigenvalue weighted by Crippen LogP contribution is -2.08. The van der Waals surface area contributed by atoms with Gasteiger partial charge in [0.05, 0.1) is 17.7 Å². The second kappa shape index (κ2) is 9.92. The third kappa shape index (κ3) is 5.26. The van der Waals surface area contributed by atoms with Gasteiger partial charge in [0.15, 0.2) is 17.2 Å². The van der Waals surface area contributed by atoms with Crippen molar-refractivity contribution in [3.05, 3.63) is 88.6 Å². The molecular weight excluding hydrogens is 438 g/mol. The van der Waals surface area contributed by atoms with Gasteiger partial charge in [-0.1, -0.05) is 54.1 Å². The lowest BCUT2D eigenvalue weighted by molar-refractivity contribution is -0.129. The van der Waals surface area contributed by atoms with Crippen LogP contribution in [0.3, 0.4) is 0 Å². The predicted molar refractivity (Wildman–Crippen MR) is 131 cm³/mol. The van der Waals surface area contributed by atoms with E-state index >= 15 is 0 Å². The number of esters is 1. The Morgan fingerprint density at radius 3 is 2.33 bits per heavy atom. The number of nitrogens with zero attached hydrogens (tertiary/aromatic N) is 1. The Labute approximate surface area is 198 Å². The van der Waals surface area contributed by atoms with Crippen LogP contribution in [0.15, 0.2) is 77.4 Å². The van der Waals surface area contributed by atoms with Crippen LogP contribution in [0.4, 0.5) is 0 Å².